The number of methoxy groups -OCH3 is 1. The van der Waals surface area contributed by atoms with Gasteiger partial charge in [-0.25, -0.2) is 0 Å². The van der Waals surface area contributed by atoms with E-state index in [9.17, 15) is 4.79 Å². The first kappa shape index (κ1) is 17.7. The molecule has 1 saturated carbocycles. The molecule has 0 atom stereocenters. The number of rotatable bonds is 6. The van der Waals surface area contributed by atoms with Gasteiger partial charge in [-0.15, -0.1) is 11.3 Å². The third-order valence-corrected chi connectivity index (χ3v) is 5.85. The Balaban J connectivity index is 1.44. The zero-order valence-electron chi connectivity index (χ0n) is 15.3. The fourth-order valence-electron chi connectivity index (χ4n) is 3.03. The summed E-state index contributed by atoms with van der Waals surface area (Å²) in [4.78, 5) is 18.9. The number of anilines is 1. The smallest absolute Gasteiger partial charge is 0.230 e. The van der Waals surface area contributed by atoms with Gasteiger partial charge in [-0.1, -0.05) is 23.7 Å². The Bertz CT molecular complexity index is 959. The van der Waals surface area contributed by atoms with Crippen LogP contribution >= 0.6 is 11.3 Å². The Morgan fingerprint density at radius 2 is 2.22 bits per heavy atom. The second kappa shape index (κ2) is 7.52. The minimum absolute atomic E-state index is 0.0704. The summed E-state index contributed by atoms with van der Waals surface area (Å²) >= 11 is 1.55. The Labute approximate surface area is 161 Å². The van der Waals surface area contributed by atoms with Crippen LogP contribution in [0.3, 0.4) is 0 Å². The standard InChI is InChI=1S/C20H21N3O3S/c1-12-16(21-18(24)10-13-5-3-8-15(9-13)25-2)11-17(27-12)19-22-20(26-23-19)14-6-4-7-14/h3,5,8-9,11,14H,4,6-7,10H2,1-2H3,(H,21,24). The second-order valence-corrected chi connectivity index (χ2v) is 8.00. The lowest BCUT2D eigenvalue weighted by Gasteiger charge is -2.20. The van der Waals surface area contributed by atoms with E-state index >= 15 is 0 Å². The minimum Gasteiger partial charge on any atom is -0.497 e. The van der Waals surface area contributed by atoms with Crippen molar-refractivity contribution in [3.05, 3.63) is 46.7 Å². The summed E-state index contributed by atoms with van der Waals surface area (Å²) in [6, 6.07) is 9.44. The van der Waals surface area contributed by atoms with E-state index in [0.29, 0.717) is 11.7 Å². The van der Waals surface area contributed by atoms with Crippen molar-refractivity contribution in [1.29, 1.82) is 0 Å². The molecule has 1 fully saturated rings. The number of hydrogen-bond donors (Lipinski definition) is 1. The minimum atomic E-state index is -0.0704. The van der Waals surface area contributed by atoms with Crippen molar-refractivity contribution >= 4 is 22.9 Å². The first-order valence-electron chi connectivity index (χ1n) is 8.99. The zero-order chi connectivity index (χ0) is 18.8. The number of nitrogens with zero attached hydrogens (tertiary/aromatic N) is 2. The average Bonchev–Trinajstić information content (AvgIpc) is 3.21. The lowest BCUT2D eigenvalue weighted by molar-refractivity contribution is -0.115. The molecule has 0 aliphatic heterocycles. The Morgan fingerprint density at radius 3 is 2.96 bits per heavy atom. The van der Waals surface area contributed by atoms with Gasteiger partial charge >= 0.3 is 0 Å². The van der Waals surface area contributed by atoms with Crippen LogP contribution in [0.25, 0.3) is 10.7 Å². The lowest BCUT2D eigenvalue weighted by atomic mass is 9.85. The number of thiophene rings is 1. The van der Waals surface area contributed by atoms with E-state index in [1.807, 2.05) is 37.3 Å². The third kappa shape index (κ3) is 3.88. The van der Waals surface area contributed by atoms with Gasteiger partial charge in [0.15, 0.2) is 0 Å². The van der Waals surface area contributed by atoms with Crippen LogP contribution in [-0.4, -0.2) is 23.2 Å². The number of carbonyl (C=O) groups is 1. The van der Waals surface area contributed by atoms with Crippen molar-refractivity contribution in [2.75, 3.05) is 12.4 Å². The van der Waals surface area contributed by atoms with Gasteiger partial charge in [-0.05, 0) is 43.5 Å². The van der Waals surface area contributed by atoms with E-state index in [0.717, 1.165) is 45.5 Å². The van der Waals surface area contributed by atoms with Gasteiger partial charge in [-0.2, -0.15) is 4.98 Å². The maximum atomic E-state index is 12.4. The zero-order valence-corrected chi connectivity index (χ0v) is 16.1. The Kier molecular flexibility index (Phi) is 4.94. The highest BCUT2D eigenvalue weighted by atomic mass is 32.1. The van der Waals surface area contributed by atoms with Gasteiger partial charge in [0.2, 0.25) is 17.6 Å². The molecule has 140 valence electrons. The molecule has 0 spiro atoms. The third-order valence-electron chi connectivity index (χ3n) is 4.81. The van der Waals surface area contributed by atoms with Gasteiger partial charge < -0.3 is 14.6 Å². The summed E-state index contributed by atoms with van der Waals surface area (Å²) in [7, 11) is 1.61. The molecule has 0 bridgehead atoms. The average molecular weight is 383 g/mol. The van der Waals surface area contributed by atoms with E-state index < -0.39 is 0 Å². The molecule has 1 amide bonds. The molecule has 1 aliphatic carbocycles. The summed E-state index contributed by atoms with van der Waals surface area (Å²) in [5, 5.41) is 7.09. The molecule has 1 aliphatic rings. The molecule has 0 radical (unpaired) electrons. The van der Waals surface area contributed by atoms with Gasteiger partial charge in [0.25, 0.3) is 0 Å². The number of aryl methyl sites for hydroxylation is 1. The van der Waals surface area contributed by atoms with Gasteiger partial charge in [0.1, 0.15) is 5.75 Å². The summed E-state index contributed by atoms with van der Waals surface area (Å²) in [6.07, 6.45) is 3.76. The fourth-order valence-corrected chi connectivity index (χ4v) is 3.94. The first-order valence-corrected chi connectivity index (χ1v) is 9.81. The molecule has 6 nitrogen and oxygen atoms in total. The van der Waals surface area contributed by atoms with Crippen molar-refractivity contribution in [2.24, 2.45) is 0 Å². The van der Waals surface area contributed by atoms with E-state index in [1.165, 1.54) is 6.42 Å². The maximum absolute atomic E-state index is 12.4. The topological polar surface area (TPSA) is 77.2 Å². The van der Waals surface area contributed by atoms with Crippen molar-refractivity contribution < 1.29 is 14.1 Å². The van der Waals surface area contributed by atoms with E-state index in [1.54, 1.807) is 18.4 Å². The van der Waals surface area contributed by atoms with Gasteiger partial charge in [0.05, 0.1) is 24.1 Å². The summed E-state index contributed by atoms with van der Waals surface area (Å²) in [6.45, 7) is 1.97. The molecule has 3 aromatic rings. The molecule has 2 heterocycles. The molecule has 0 unspecified atom stereocenters. The number of hydrogen-bond acceptors (Lipinski definition) is 6. The summed E-state index contributed by atoms with van der Waals surface area (Å²) in [5.74, 6) is 2.41. The number of nitrogens with one attached hydrogen (secondary N) is 1. The number of ether oxygens (including phenoxy) is 1. The molecular formula is C20H21N3O3S. The molecule has 0 saturated heterocycles. The lowest BCUT2D eigenvalue weighted by Crippen LogP contribution is -2.14. The maximum Gasteiger partial charge on any atom is 0.230 e. The highest BCUT2D eigenvalue weighted by Crippen LogP contribution is 2.38. The SMILES string of the molecule is COc1cccc(CC(=O)Nc2cc(-c3noc(C4CCC4)n3)sc2C)c1. The summed E-state index contributed by atoms with van der Waals surface area (Å²) < 4.78 is 10.6. The van der Waals surface area contributed by atoms with Crippen LogP contribution in [0, 0.1) is 6.92 Å². The number of benzene rings is 1. The van der Waals surface area contributed by atoms with Crippen molar-refractivity contribution in [2.45, 2.75) is 38.5 Å². The monoisotopic (exact) mass is 383 g/mol. The van der Waals surface area contributed by atoms with Crippen molar-refractivity contribution in [3.8, 4) is 16.5 Å². The molecule has 4 rings (SSSR count). The largest absolute Gasteiger partial charge is 0.497 e. The highest BCUT2D eigenvalue weighted by molar-refractivity contribution is 7.16. The van der Waals surface area contributed by atoms with Crippen LogP contribution in [0.15, 0.2) is 34.9 Å². The van der Waals surface area contributed by atoms with Crippen LogP contribution in [-0.2, 0) is 11.2 Å². The van der Waals surface area contributed by atoms with Crippen LogP contribution in [0.2, 0.25) is 0 Å². The van der Waals surface area contributed by atoms with Crippen molar-refractivity contribution in [1.82, 2.24) is 10.1 Å². The van der Waals surface area contributed by atoms with Crippen LogP contribution < -0.4 is 10.1 Å². The summed E-state index contributed by atoms with van der Waals surface area (Å²) in [5.41, 5.74) is 1.70. The molecule has 1 N–H and O–H groups in total. The van der Waals surface area contributed by atoms with Crippen LogP contribution in [0.4, 0.5) is 5.69 Å². The van der Waals surface area contributed by atoms with Crippen molar-refractivity contribution in [3.63, 3.8) is 0 Å². The fraction of sp³-hybridized carbons (Fsp3) is 0.350. The van der Waals surface area contributed by atoms with Gasteiger partial charge in [0, 0.05) is 10.8 Å². The molecule has 7 heteroatoms. The number of amides is 1. The van der Waals surface area contributed by atoms with E-state index in [-0.39, 0.29) is 12.3 Å². The Hall–Kier alpha value is -2.67. The highest BCUT2D eigenvalue weighted by Gasteiger charge is 2.26. The normalized spacial score (nSPS) is 14.0. The molecule has 27 heavy (non-hydrogen) atoms. The molecule has 1 aromatic carbocycles. The van der Waals surface area contributed by atoms with E-state index in [2.05, 4.69) is 15.5 Å². The van der Waals surface area contributed by atoms with Gasteiger partial charge in [-0.3, -0.25) is 4.79 Å². The quantitative estimate of drug-likeness (QED) is 0.675. The molecule has 2 aromatic heterocycles. The predicted molar refractivity (Wildman–Crippen MR) is 104 cm³/mol. The predicted octanol–water partition coefficient (Wildman–Crippen LogP) is 4.56. The molecular weight excluding hydrogens is 362 g/mol. The first-order chi connectivity index (χ1) is 13.1. The van der Waals surface area contributed by atoms with E-state index in [4.69, 9.17) is 9.26 Å². The number of aromatic nitrogens is 2. The van der Waals surface area contributed by atoms with Crippen LogP contribution in [0.5, 0.6) is 5.75 Å². The van der Waals surface area contributed by atoms with Crippen LogP contribution in [0.1, 0.15) is 41.5 Å². The number of carbonyl (C=O) groups excluding carboxylic acids is 1. The second-order valence-electron chi connectivity index (χ2n) is 6.74. The Morgan fingerprint density at radius 1 is 1.37 bits per heavy atom.